The summed E-state index contributed by atoms with van der Waals surface area (Å²) in [5.41, 5.74) is 3.48. The third-order valence-electron chi connectivity index (χ3n) is 3.24. The highest BCUT2D eigenvalue weighted by molar-refractivity contribution is 7.17. The van der Waals surface area contributed by atoms with E-state index in [1.165, 1.54) is 10.9 Å². The number of hydrogen-bond acceptors (Lipinski definition) is 2. The van der Waals surface area contributed by atoms with Gasteiger partial charge in [0.1, 0.15) is 5.82 Å². The Bertz CT molecular complexity index is 740. The van der Waals surface area contributed by atoms with Gasteiger partial charge in [-0.3, -0.25) is 4.40 Å². The van der Waals surface area contributed by atoms with Gasteiger partial charge in [0.05, 0.1) is 11.4 Å². The van der Waals surface area contributed by atoms with Crippen LogP contribution in [-0.4, -0.2) is 9.38 Å². The van der Waals surface area contributed by atoms with Crippen LogP contribution >= 0.6 is 11.3 Å². The summed E-state index contributed by atoms with van der Waals surface area (Å²) in [5.74, 6) is -0.203. The van der Waals surface area contributed by atoms with E-state index in [0.29, 0.717) is 5.56 Å². The van der Waals surface area contributed by atoms with Crippen molar-refractivity contribution in [2.45, 2.75) is 20.8 Å². The van der Waals surface area contributed by atoms with Crippen molar-refractivity contribution >= 4 is 16.3 Å². The van der Waals surface area contributed by atoms with Gasteiger partial charge in [0.15, 0.2) is 4.96 Å². The van der Waals surface area contributed by atoms with E-state index in [2.05, 4.69) is 11.9 Å². The van der Waals surface area contributed by atoms with Crippen LogP contribution < -0.4 is 0 Å². The third kappa shape index (κ3) is 1.49. The first kappa shape index (κ1) is 11.4. The maximum atomic E-state index is 14.0. The van der Waals surface area contributed by atoms with Crippen LogP contribution in [0, 0.1) is 26.6 Å². The van der Waals surface area contributed by atoms with Crippen LogP contribution in [-0.2, 0) is 0 Å². The van der Waals surface area contributed by atoms with Crippen LogP contribution in [0.1, 0.15) is 16.3 Å². The molecule has 0 radical (unpaired) electrons. The number of hydrogen-bond donors (Lipinski definition) is 0. The minimum atomic E-state index is -0.203. The molecule has 2 aromatic heterocycles. The molecule has 4 heteroatoms. The van der Waals surface area contributed by atoms with Crippen molar-refractivity contribution in [1.82, 2.24) is 9.38 Å². The van der Waals surface area contributed by atoms with Gasteiger partial charge in [-0.25, -0.2) is 9.37 Å². The molecule has 0 N–H and O–H groups in total. The summed E-state index contributed by atoms with van der Waals surface area (Å²) in [6.07, 6.45) is 0. The zero-order valence-corrected chi connectivity index (χ0v) is 11.3. The standard InChI is InChI=1S/C14H13FN2S/c1-8-13(11-6-4-5-7-12(11)15)17-9(2)10(3)18-14(17)16-8/h4-7H,1-3H3. The molecule has 3 aromatic rings. The summed E-state index contributed by atoms with van der Waals surface area (Å²) >= 11 is 1.64. The third-order valence-corrected chi connectivity index (χ3v) is 4.30. The SMILES string of the molecule is Cc1nc2sc(C)c(C)n2c1-c1ccccc1F. The molecule has 0 spiro atoms. The van der Waals surface area contributed by atoms with Gasteiger partial charge >= 0.3 is 0 Å². The average Bonchev–Trinajstić information content (AvgIpc) is 2.78. The molecule has 0 saturated heterocycles. The van der Waals surface area contributed by atoms with Crippen molar-refractivity contribution in [3.63, 3.8) is 0 Å². The fraction of sp³-hybridized carbons (Fsp3) is 0.214. The molecule has 2 nitrogen and oxygen atoms in total. The van der Waals surface area contributed by atoms with Gasteiger partial charge in [0.2, 0.25) is 0 Å². The van der Waals surface area contributed by atoms with Crippen LogP contribution in [0.2, 0.25) is 0 Å². The molecule has 0 saturated carbocycles. The highest BCUT2D eigenvalue weighted by atomic mass is 32.1. The number of imidazole rings is 1. The molecule has 0 amide bonds. The average molecular weight is 260 g/mol. The second-order valence-corrected chi connectivity index (χ2v) is 5.57. The van der Waals surface area contributed by atoms with Crippen LogP contribution in [0.4, 0.5) is 4.39 Å². The van der Waals surface area contributed by atoms with E-state index < -0.39 is 0 Å². The van der Waals surface area contributed by atoms with Gasteiger partial charge in [0, 0.05) is 16.1 Å². The monoisotopic (exact) mass is 260 g/mol. The molecule has 0 unspecified atom stereocenters. The first-order valence-electron chi connectivity index (χ1n) is 5.79. The Morgan fingerprint density at radius 3 is 2.61 bits per heavy atom. The summed E-state index contributed by atoms with van der Waals surface area (Å²) in [4.78, 5) is 6.68. The molecule has 2 heterocycles. The lowest BCUT2D eigenvalue weighted by Gasteiger charge is -2.05. The maximum Gasteiger partial charge on any atom is 0.194 e. The number of fused-ring (bicyclic) bond motifs is 1. The smallest absolute Gasteiger partial charge is 0.194 e. The van der Waals surface area contributed by atoms with E-state index in [1.807, 2.05) is 24.3 Å². The number of aryl methyl sites for hydroxylation is 3. The van der Waals surface area contributed by atoms with Gasteiger partial charge in [0.25, 0.3) is 0 Å². The van der Waals surface area contributed by atoms with Crippen LogP contribution in [0.3, 0.4) is 0 Å². The first-order valence-corrected chi connectivity index (χ1v) is 6.61. The van der Waals surface area contributed by atoms with Gasteiger partial charge < -0.3 is 0 Å². The van der Waals surface area contributed by atoms with Crippen molar-refractivity contribution < 1.29 is 4.39 Å². The number of aromatic nitrogens is 2. The summed E-state index contributed by atoms with van der Waals surface area (Å²) in [5, 5.41) is 0. The van der Waals surface area contributed by atoms with E-state index in [0.717, 1.165) is 22.0 Å². The highest BCUT2D eigenvalue weighted by Crippen LogP contribution is 2.32. The molecule has 0 atom stereocenters. The molecule has 3 rings (SSSR count). The first-order chi connectivity index (χ1) is 8.59. The zero-order chi connectivity index (χ0) is 12.9. The fourth-order valence-corrected chi connectivity index (χ4v) is 3.24. The van der Waals surface area contributed by atoms with Crippen LogP contribution in [0.25, 0.3) is 16.2 Å². The Morgan fingerprint density at radius 1 is 1.17 bits per heavy atom. The number of thiazole rings is 1. The molecular formula is C14H13FN2S. The van der Waals surface area contributed by atoms with E-state index in [4.69, 9.17) is 0 Å². The molecule has 18 heavy (non-hydrogen) atoms. The van der Waals surface area contributed by atoms with Crippen LogP contribution in [0.15, 0.2) is 24.3 Å². The molecule has 0 bridgehead atoms. The molecule has 0 aliphatic carbocycles. The van der Waals surface area contributed by atoms with Crippen molar-refractivity contribution in [3.8, 4) is 11.3 Å². The Labute approximate surface area is 109 Å². The predicted molar refractivity (Wildman–Crippen MR) is 72.7 cm³/mol. The predicted octanol–water partition coefficient (Wildman–Crippen LogP) is 4.13. The number of benzene rings is 1. The normalized spacial score (nSPS) is 11.3. The minimum Gasteiger partial charge on any atom is -0.287 e. The van der Waals surface area contributed by atoms with Crippen molar-refractivity contribution in [2.75, 3.05) is 0 Å². The van der Waals surface area contributed by atoms with Gasteiger partial charge in [-0.05, 0) is 32.9 Å². The van der Waals surface area contributed by atoms with Gasteiger partial charge in [-0.2, -0.15) is 0 Å². The summed E-state index contributed by atoms with van der Waals surface area (Å²) in [6, 6.07) is 6.85. The largest absolute Gasteiger partial charge is 0.287 e. The molecule has 0 aliphatic rings. The van der Waals surface area contributed by atoms with E-state index in [9.17, 15) is 4.39 Å². The molecule has 0 fully saturated rings. The highest BCUT2D eigenvalue weighted by Gasteiger charge is 2.18. The van der Waals surface area contributed by atoms with Gasteiger partial charge in [-0.15, -0.1) is 11.3 Å². The second-order valence-electron chi connectivity index (χ2n) is 4.39. The Morgan fingerprint density at radius 2 is 1.89 bits per heavy atom. The lowest BCUT2D eigenvalue weighted by atomic mass is 10.1. The Hall–Kier alpha value is -1.68. The number of rotatable bonds is 1. The molecule has 1 aromatic carbocycles. The number of nitrogens with zero attached hydrogens (tertiary/aromatic N) is 2. The summed E-state index contributed by atoms with van der Waals surface area (Å²) < 4.78 is 16.0. The summed E-state index contributed by atoms with van der Waals surface area (Å²) in [6.45, 7) is 6.04. The second kappa shape index (κ2) is 3.92. The molecule has 0 aliphatic heterocycles. The minimum absolute atomic E-state index is 0.203. The van der Waals surface area contributed by atoms with Crippen molar-refractivity contribution in [2.24, 2.45) is 0 Å². The van der Waals surface area contributed by atoms with Crippen molar-refractivity contribution in [3.05, 3.63) is 46.3 Å². The Kier molecular flexibility index (Phi) is 2.48. The lowest BCUT2D eigenvalue weighted by molar-refractivity contribution is 0.630. The molecule has 92 valence electrons. The topological polar surface area (TPSA) is 17.3 Å². The zero-order valence-electron chi connectivity index (χ0n) is 10.5. The van der Waals surface area contributed by atoms with E-state index in [-0.39, 0.29) is 5.82 Å². The summed E-state index contributed by atoms with van der Waals surface area (Å²) in [7, 11) is 0. The Balaban J connectivity index is 2.41. The van der Waals surface area contributed by atoms with Crippen molar-refractivity contribution in [1.29, 1.82) is 0 Å². The molecular weight excluding hydrogens is 247 g/mol. The quantitative estimate of drug-likeness (QED) is 0.643. The van der Waals surface area contributed by atoms with E-state index >= 15 is 0 Å². The van der Waals surface area contributed by atoms with Gasteiger partial charge in [-0.1, -0.05) is 12.1 Å². The van der Waals surface area contributed by atoms with Crippen LogP contribution in [0.5, 0.6) is 0 Å². The fourth-order valence-electron chi connectivity index (χ4n) is 2.22. The lowest BCUT2D eigenvalue weighted by Crippen LogP contribution is -1.93. The van der Waals surface area contributed by atoms with E-state index in [1.54, 1.807) is 23.5 Å². The number of halogens is 1. The maximum absolute atomic E-state index is 14.0.